The zero-order valence-electron chi connectivity index (χ0n) is 8.92. The normalized spacial score (nSPS) is 17.7. The molecule has 0 spiro atoms. The molecule has 1 fully saturated rings. The fourth-order valence-electron chi connectivity index (χ4n) is 1.75. The minimum Gasteiger partial charge on any atom is -0.490 e. The van der Waals surface area contributed by atoms with E-state index < -0.39 is 0 Å². The average Bonchev–Trinajstić information content (AvgIpc) is 2.25. The molecule has 1 aliphatic heterocycles. The van der Waals surface area contributed by atoms with Crippen molar-refractivity contribution in [3.05, 3.63) is 28.8 Å². The monoisotopic (exact) mass is 225 g/mol. The first kappa shape index (κ1) is 10.8. The smallest absolute Gasteiger partial charge is 0.121 e. The average molecular weight is 226 g/mol. The van der Waals surface area contributed by atoms with E-state index in [9.17, 15) is 0 Å². The van der Waals surface area contributed by atoms with E-state index in [1.54, 1.807) is 0 Å². The predicted molar refractivity (Wildman–Crippen MR) is 62.7 cm³/mol. The summed E-state index contributed by atoms with van der Waals surface area (Å²) >= 11 is 6.04. The Morgan fingerprint density at radius 1 is 1.33 bits per heavy atom. The topological polar surface area (TPSA) is 21.3 Å². The molecule has 0 atom stereocenters. The van der Waals surface area contributed by atoms with Gasteiger partial charge in [0.25, 0.3) is 0 Å². The van der Waals surface area contributed by atoms with Crippen LogP contribution in [0.5, 0.6) is 5.75 Å². The zero-order valence-corrected chi connectivity index (χ0v) is 9.68. The van der Waals surface area contributed by atoms with Gasteiger partial charge in [0.15, 0.2) is 0 Å². The molecule has 1 saturated heterocycles. The van der Waals surface area contributed by atoms with Crippen LogP contribution in [-0.4, -0.2) is 19.2 Å². The molecule has 1 N–H and O–H groups in total. The van der Waals surface area contributed by atoms with Gasteiger partial charge in [-0.2, -0.15) is 0 Å². The van der Waals surface area contributed by atoms with Crippen molar-refractivity contribution in [1.82, 2.24) is 5.32 Å². The molecule has 0 unspecified atom stereocenters. The lowest BCUT2D eigenvalue weighted by atomic mass is 10.1. The summed E-state index contributed by atoms with van der Waals surface area (Å²) in [5, 5.41) is 4.09. The summed E-state index contributed by atoms with van der Waals surface area (Å²) in [5.74, 6) is 0.887. The van der Waals surface area contributed by atoms with Gasteiger partial charge in [0, 0.05) is 5.02 Å². The second kappa shape index (κ2) is 4.86. The molecule has 3 heteroatoms. The summed E-state index contributed by atoms with van der Waals surface area (Å²) in [6, 6.07) is 5.89. The third-order valence-electron chi connectivity index (χ3n) is 2.73. The summed E-state index contributed by atoms with van der Waals surface area (Å²) in [6.07, 6.45) is 2.49. The summed E-state index contributed by atoms with van der Waals surface area (Å²) in [5.41, 5.74) is 1.09. The molecule has 15 heavy (non-hydrogen) atoms. The van der Waals surface area contributed by atoms with Crippen LogP contribution in [0.2, 0.25) is 5.02 Å². The molecule has 0 amide bonds. The summed E-state index contributed by atoms with van der Waals surface area (Å²) < 4.78 is 5.87. The van der Waals surface area contributed by atoms with E-state index in [0.29, 0.717) is 6.10 Å². The number of hydrogen-bond acceptors (Lipinski definition) is 2. The SMILES string of the molecule is Cc1ccc(OC2CCNCC2)cc1Cl. The molecule has 1 aliphatic rings. The lowest BCUT2D eigenvalue weighted by molar-refractivity contribution is 0.162. The molecule has 2 rings (SSSR count). The Labute approximate surface area is 95.6 Å². The van der Waals surface area contributed by atoms with E-state index in [2.05, 4.69) is 5.32 Å². The van der Waals surface area contributed by atoms with Crippen molar-refractivity contribution in [2.45, 2.75) is 25.9 Å². The van der Waals surface area contributed by atoms with Crippen LogP contribution in [0.1, 0.15) is 18.4 Å². The van der Waals surface area contributed by atoms with E-state index >= 15 is 0 Å². The third-order valence-corrected chi connectivity index (χ3v) is 3.14. The lowest BCUT2D eigenvalue weighted by Crippen LogP contribution is -2.34. The zero-order chi connectivity index (χ0) is 10.7. The van der Waals surface area contributed by atoms with Gasteiger partial charge in [-0.3, -0.25) is 0 Å². The van der Waals surface area contributed by atoms with E-state index in [1.807, 2.05) is 25.1 Å². The third kappa shape index (κ3) is 2.86. The maximum atomic E-state index is 6.04. The van der Waals surface area contributed by atoms with Crippen molar-refractivity contribution in [2.75, 3.05) is 13.1 Å². The van der Waals surface area contributed by atoms with Crippen molar-refractivity contribution in [3.8, 4) is 5.75 Å². The molecule has 0 bridgehead atoms. The van der Waals surface area contributed by atoms with Gasteiger partial charge in [-0.05, 0) is 50.6 Å². The molecule has 0 aliphatic carbocycles. The van der Waals surface area contributed by atoms with Gasteiger partial charge in [0.1, 0.15) is 11.9 Å². The highest BCUT2D eigenvalue weighted by Gasteiger charge is 2.14. The van der Waals surface area contributed by atoms with E-state index in [1.165, 1.54) is 0 Å². The van der Waals surface area contributed by atoms with Crippen LogP contribution in [0, 0.1) is 6.92 Å². The standard InChI is InChI=1S/C12H16ClNO/c1-9-2-3-11(8-12(9)13)15-10-4-6-14-7-5-10/h2-3,8,10,14H,4-7H2,1H3. The van der Waals surface area contributed by atoms with Gasteiger partial charge in [-0.1, -0.05) is 17.7 Å². The van der Waals surface area contributed by atoms with Crippen LogP contribution in [0.3, 0.4) is 0 Å². The molecule has 1 aromatic rings. The van der Waals surface area contributed by atoms with Crippen LogP contribution >= 0.6 is 11.6 Å². The molecular formula is C12H16ClNO. The number of nitrogens with one attached hydrogen (secondary N) is 1. The van der Waals surface area contributed by atoms with Crippen LogP contribution in [0.15, 0.2) is 18.2 Å². The van der Waals surface area contributed by atoms with Gasteiger partial charge in [-0.25, -0.2) is 0 Å². The van der Waals surface area contributed by atoms with Crippen molar-refractivity contribution in [2.24, 2.45) is 0 Å². The Balaban J connectivity index is 2.00. The number of rotatable bonds is 2. The Kier molecular flexibility index (Phi) is 3.49. The maximum Gasteiger partial charge on any atom is 0.121 e. The molecule has 1 aromatic carbocycles. The number of ether oxygens (including phenoxy) is 1. The molecule has 82 valence electrons. The first-order valence-corrected chi connectivity index (χ1v) is 5.77. The van der Waals surface area contributed by atoms with Crippen LogP contribution in [0.25, 0.3) is 0 Å². The highest BCUT2D eigenvalue weighted by atomic mass is 35.5. The molecule has 0 saturated carbocycles. The van der Waals surface area contributed by atoms with E-state index in [4.69, 9.17) is 16.3 Å². The van der Waals surface area contributed by atoms with E-state index in [0.717, 1.165) is 42.3 Å². The lowest BCUT2D eigenvalue weighted by Gasteiger charge is -2.24. The summed E-state index contributed by atoms with van der Waals surface area (Å²) in [7, 11) is 0. The second-order valence-corrected chi connectivity index (χ2v) is 4.39. The van der Waals surface area contributed by atoms with Gasteiger partial charge >= 0.3 is 0 Å². The fraction of sp³-hybridized carbons (Fsp3) is 0.500. The fourth-order valence-corrected chi connectivity index (χ4v) is 1.92. The minimum absolute atomic E-state index is 0.338. The number of piperidine rings is 1. The number of hydrogen-bond donors (Lipinski definition) is 1. The first-order valence-electron chi connectivity index (χ1n) is 5.39. The minimum atomic E-state index is 0.338. The van der Waals surface area contributed by atoms with Gasteiger partial charge < -0.3 is 10.1 Å². The molecular weight excluding hydrogens is 210 g/mol. The van der Waals surface area contributed by atoms with Crippen molar-refractivity contribution >= 4 is 11.6 Å². The van der Waals surface area contributed by atoms with Crippen molar-refractivity contribution in [1.29, 1.82) is 0 Å². The number of halogens is 1. The Bertz CT molecular complexity index is 334. The predicted octanol–water partition coefficient (Wildman–Crippen LogP) is 2.78. The maximum absolute atomic E-state index is 6.04. The van der Waals surface area contributed by atoms with Crippen LogP contribution in [-0.2, 0) is 0 Å². The highest BCUT2D eigenvalue weighted by Crippen LogP contribution is 2.23. The van der Waals surface area contributed by atoms with Crippen molar-refractivity contribution < 1.29 is 4.74 Å². The second-order valence-electron chi connectivity index (χ2n) is 3.98. The van der Waals surface area contributed by atoms with Gasteiger partial charge in [0.05, 0.1) is 0 Å². The Morgan fingerprint density at radius 3 is 2.73 bits per heavy atom. The van der Waals surface area contributed by atoms with Gasteiger partial charge in [0.2, 0.25) is 0 Å². The van der Waals surface area contributed by atoms with Crippen LogP contribution in [0.4, 0.5) is 0 Å². The largest absolute Gasteiger partial charge is 0.490 e. The summed E-state index contributed by atoms with van der Waals surface area (Å²) in [6.45, 7) is 4.09. The summed E-state index contributed by atoms with van der Waals surface area (Å²) in [4.78, 5) is 0. The highest BCUT2D eigenvalue weighted by molar-refractivity contribution is 6.31. The molecule has 0 radical (unpaired) electrons. The molecule has 1 heterocycles. The quantitative estimate of drug-likeness (QED) is 0.836. The molecule has 0 aromatic heterocycles. The Hall–Kier alpha value is -0.730. The Morgan fingerprint density at radius 2 is 2.07 bits per heavy atom. The van der Waals surface area contributed by atoms with E-state index in [-0.39, 0.29) is 0 Å². The number of aryl methyl sites for hydroxylation is 1. The van der Waals surface area contributed by atoms with Crippen LogP contribution < -0.4 is 10.1 Å². The van der Waals surface area contributed by atoms with Gasteiger partial charge in [-0.15, -0.1) is 0 Å². The molecule has 2 nitrogen and oxygen atoms in total. The first-order chi connectivity index (χ1) is 7.25. The number of benzene rings is 1. The van der Waals surface area contributed by atoms with Crippen molar-refractivity contribution in [3.63, 3.8) is 0 Å².